The maximum absolute atomic E-state index is 5.46. The van der Waals surface area contributed by atoms with Crippen LogP contribution in [0.25, 0.3) is 0 Å². The molecule has 0 aromatic carbocycles. The first kappa shape index (κ1) is 13.6. The second-order valence-corrected chi connectivity index (χ2v) is 5.21. The quantitative estimate of drug-likeness (QED) is 0.802. The molecule has 2 unspecified atom stereocenters. The lowest BCUT2D eigenvalue weighted by atomic mass is 9.96. The van der Waals surface area contributed by atoms with Crippen LogP contribution in [0.3, 0.4) is 0 Å². The van der Waals surface area contributed by atoms with Crippen LogP contribution in [0.2, 0.25) is 0 Å². The molecule has 18 heavy (non-hydrogen) atoms. The van der Waals surface area contributed by atoms with Crippen LogP contribution in [0.1, 0.15) is 32.0 Å². The van der Waals surface area contributed by atoms with E-state index in [1.807, 2.05) is 12.4 Å². The maximum atomic E-state index is 5.46. The number of aromatic nitrogens is 2. The summed E-state index contributed by atoms with van der Waals surface area (Å²) in [5, 5.41) is 3.60. The van der Waals surface area contributed by atoms with Gasteiger partial charge in [-0.3, -0.25) is 0 Å². The van der Waals surface area contributed by atoms with Crippen LogP contribution in [0.5, 0.6) is 0 Å². The van der Waals surface area contributed by atoms with Gasteiger partial charge in [-0.1, -0.05) is 6.92 Å². The normalized spacial score (nSPS) is 21.3. The SMILES string of the molecule is CCNC(CCc1nccn1C)CC1CCOC1. The summed E-state index contributed by atoms with van der Waals surface area (Å²) < 4.78 is 7.57. The molecule has 1 N–H and O–H groups in total. The van der Waals surface area contributed by atoms with Crippen molar-refractivity contribution in [2.24, 2.45) is 13.0 Å². The van der Waals surface area contributed by atoms with Gasteiger partial charge in [0.05, 0.1) is 0 Å². The molecule has 1 aliphatic heterocycles. The Morgan fingerprint density at radius 1 is 1.61 bits per heavy atom. The molecule has 1 aliphatic rings. The van der Waals surface area contributed by atoms with Gasteiger partial charge >= 0.3 is 0 Å². The second-order valence-electron chi connectivity index (χ2n) is 5.21. The Morgan fingerprint density at radius 3 is 3.11 bits per heavy atom. The van der Waals surface area contributed by atoms with Crippen LogP contribution in [-0.4, -0.2) is 35.4 Å². The summed E-state index contributed by atoms with van der Waals surface area (Å²) in [6.45, 7) is 5.12. The molecule has 0 saturated carbocycles. The fourth-order valence-corrected chi connectivity index (χ4v) is 2.70. The summed E-state index contributed by atoms with van der Waals surface area (Å²) in [4.78, 5) is 4.39. The van der Waals surface area contributed by atoms with E-state index in [0.29, 0.717) is 6.04 Å². The van der Waals surface area contributed by atoms with Crippen LogP contribution in [0, 0.1) is 5.92 Å². The zero-order chi connectivity index (χ0) is 12.8. The van der Waals surface area contributed by atoms with E-state index >= 15 is 0 Å². The van der Waals surface area contributed by atoms with Crippen molar-refractivity contribution < 1.29 is 4.74 Å². The molecule has 2 atom stereocenters. The van der Waals surface area contributed by atoms with Gasteiger partial charge in [0.1, 0.15) is 5.82 Å². The number of nitrogens with one attached hydrogen (secondary N) is 1. The van der Waals surface area contributed by atoms with E-state index in [2.05, 4.69) is 28.8 Å². The molecule has 0 radical (unpaired) electrons. The van der Waals surface area contributed by atoms with E-state index in [1.165, 1.54) is 18.7 Å². The van der Waals surface area contributed by atoms with Gasteiger partial charge in [-0.2, -0.15) is 0 Å². The summed E-state index contributed by atoms with van der Waals surface area (Å²) in [5.41, 5.74) is 0. The Bertz CT molecular complexity index is 345. The number of hydrogen-bond donors (Lipinski definition) is 1. The first-order chi connectivity index (χ1) is 8.79. The molecule has 1 aromatic heterocycles. The molecule has 1 saturated heterocycles. The average molecular weight is 251 g/mol. The largest absolute Gasteiger partial charge is 0.381 e. The Labute approximate surface area is 110 Å². The average Bonchev–Trinajstić information content (AvgIpc) is 2.98. The number of rotatable bonds is 7. The highest BCUT2D eigenvalue weighted by molar-refractivity contribution is 4.92. The maximum Gasteiger partial charge on any atom is 0.108 e. The molecule has 0 aliphatic carbocycles. The number of nitrogens with zero attached hydrogens (tertiary/aromatic N) is 2. The minimum Gasteiger partial charge on any atom is -0.381 e. The van der Waals surface area contributed by atoms with Gasteiger partial charge in [0.15, 0.2) is 0 Å². The Kier molecular flexibility index (Phi) is 5.20. The van der Waals surface area contributed by atoms with Crippen molar-refractivity contribution in [1.82, 2.24) is 14.9 Å². The van der Waals surface area contributed by atoms with Crippen molar-refractivity contribution in [2.45, 2.75) is 38.6 Å². The number of imidazole rings is 1. The first-order valence-electron chi connectivity index (χ1n) is 7.07. The van der Waals surface area contributed by atoms with Crippen LogP contribution in [0.4, 0.5) is 0 Å². The van der Waals surface area contributed by atoms with E-state index in [0.717, 1.165) is 38.5 Å². The fourth-order valence-electron chi connectivity index (χ4n) is 2.70. The highest BCUT2D eigenvalue weighted by atomic mass is 16.5. The van der Waals surface area contributed by atoms with E-state index in [9.17, 15) is 0 Å². The number of hydrogen-bond acceptors (Lipinski definition) is 3. The Hall–Kier alpha value is -0.870. The van der Waals surface area contributed by atoms with Crippen LogP contribution < -0.4 is 5.32 Å². The van der Waals surface area contributed by atoms with Crippen LogP contribution >= 0.6 is 0 Å². The van der Waals surface area contributed by atoms with Gasteiger partial charge in [0.25, 0.3) is 0 Å². The summed E-state index contributed by atoms with van der Waals surface area (Å²) in [5.74, 6) is 1.93. The van der Waals surface area contributed by atoms with Crippen molar-refractivity contribution in [3.63, 3.8) is 0 Å². The molecule has 4 nitrogen and oxygen atoms in total. The number of aryl methyl sites for hydroxylation is 2. The van der Waals surface area contributed by atoms with E-state index in [-0.39, 0.29) is 0 Å². The predicted molar refractivity (Wildman–Crippen MR) is 72.5 cm³/mol. The van der Waals surface area contributed by atoms with Gasteiger partial charge in [-0.05, 0) is 31.7 Å². The number of ether oxygens (including phenoxy) is 1. The fraction of sp³-hybridized carbons (Fsp3) is 0.786. The molecule has 0 amide bonds. The summed E-state index contributed by atoms with van der Waals surface area (Å²) in [6, 6.07) is 0.596. The first-order valence-corrected chi connectivity index (χ1v) is 7.07. The lowest BCUT2D eigenvalue weighted by Gasteiger charge is -2.20. The topological polar surface area (TPSA) is 39.1 Å². The smallest absolute Gasteiger partial charge is 0.108 e. The minimum absolute atomic E-state index is 0.596. The highest BCUT2D eigenvalue weighted by Crippen LogP contribution is 2.20. The predicted octanol–water partition coefficient (Wildman–Crippen LogP) is 1.76. The Morgan fingerprint density at radius 2 is 2.50 bits per heavy atom. The zero-order valence-corrected chi connectivity index (χ0v) is 11.6. The zero-order valence-electron chi connectivity index (χ0n) is 11.6. The molecule has 102 valence electrons. The summed E-state index contributed by atoms with van der Waals surface area (Å²) in [7, 11) is 2.06. The third kappa shape index (κ3) is 3.82. The molecular weight excluding hydrogens is 226 g/mol. The summed E-state index contributed by atoms with van der Waals surface area (Å²) >= 11 is 0. The minimum atomic E-state index is 0.596. The van der Waals surface area contributed by atoms with Gasteiger partial charge in [-0.15, -0.1) is 0 Å². The molecule has 2 heterocycles. The molecule has 1 aromatic rings. The third-order valence-electron chi connectivity index (χ3n) is 3.77. The lowest BCUT2D eigenvalue weighted by Crippen LogP contribution is -2.32. The molecule has 0 spiro atoms. The van der Waals surface area contributed by atoms with Crippen molar-refractivity contribution in [3.8, 4) is 0 Å². The molecule has 0 bridgehead atoms. The van der Waals surface area contributed by atoms with Gasteiger partial charge < -0.3 is 14.6 Å². The standard InChI is InChI=1S/C14H25N3O/c1-3-15-13(10-12-6-9-18-11-12)4-5-14-16-7-8-17(14)2/h7-8,12-13,15H,3-6,9-11H2,1-2H3. The van der Waals surface area contributed by atoms with Crippen LogP contribution in [0.15, 0.2) is 12.4 Å². The monoisotopic (exact) mass is 251 g/mol. The van der Waals surface area contributed by atoms with Crippen molar-refractivity contribution >= 4 is 0 Å². The summed E-state index contributed by atoms with van der Waals surface area (Å²) in [6.07, 6.45) is 8.57. The third-order valence-corrected chi connectivity index (χ3v) is 3.77. The van der Waals surface area contributed by atoms with Crippen molar-refractivity contribution in [3.05, 3.63) is 18.2 Å². The van der Waals surface area contributed by atoms with E-state index in [1.54, 1.807) is 0 Å². The van der Waals surface area contributed by atoms with Gasteiger partial charge in [-0.25, -0.2) is 4.98 Å². The van der Waals surface area contributed by atoms with Gasteiger partial charge in [0, 0.05) is 45.1 Å². The molecular formula is C14H25N3O. The van der Waals surface area contributed by atoms with Gasteiger partial charge in [0.2, 0.25) is 0 Å². The van der Waals surface area contributed by atoms with Crippen molar-refractivity contribution in [1.29, 1.82) is 0 Å². The Balaban J connectivity index is 1.79. The molecule has 1 fully saturated rings. The lowest BCUT2D eigenvalue weighted by molar-refractivity contribution is 0.181. The second kappa shape index (κ2) is 6.90. The van der Waals surface area contributed by atoms with Crippen molar-refractivity contribution in [2.75, 3.05) is 19.8 Å². The van der Waals surface area contributed by atoms with E-state index in [4.69, 9.17) is 4.74 Å². The molecule has 4 heteroatoms. The highest BCUT2D eigenvalue weighted by Gasteiger charge is 2.20. The van der Waals surface area contributed by atoms with Crippen LogP contribution in [-0.2, 0) is 18.2 Å². The molecule has 2 rings (SSSR count). The van der Waals surface area contributed by atoms with E-state index < -0.39 is 0 Å².